The van der Waals surface area contributed by atoms with Gasteiger partial charge in [-0.1, -0.05) is 12.8 Å². The van der Waals surface area contributed by atoms with Crippen molar-refractivity contribution < 1.29 is 14.6 Å². The zero-order chi connectivity index (χ0) is 21.3. The SMILES string of the molecule is O=C(CC1CCC(CCN2CCN(c3nccc4c3CCO4)CC2)CC1)C1(O)CCC1. The van der Waals surface area contributed by atoms with Crippen LogP contribution in [0.5, 0.6) is 5.75 Å². The Bertz CT molecular complexity index is 778. The molecule has 6 heteroatoms. The van der Waals surface area contributed by atoms with Crippen LogP contribution in [-0.4, -0.2) is 65.7 Å². The topological polar surface area (TPSA) is 65.9 Å². The highest BCUT2D eigenvalue weighted by molar-refractivity contribution is 5.88. The van der Waals surface area contributed by atoms with Crippen molar-refractivity contribution in [2.24, 2.45) is 11.8 Å². The number of fused-ring (bicyclic) bond motifs is 1. The Balaban J connectivity index is 1.02. The van der Waals surface area contributed by atoms with Crippen molar-refractivity contribution in [1.82, 2.24) is 9.88 Å². The molecule has 0 atom stereocenters. The molecule has 3 heterocycles. The highest BCUT2D eigenvalue weighted by Crippen LogP contribution is 2.38. The van der Waals surface area contributed by atoms with Crippen LogP contribution < -0.4 is 9.64 Å². The monoisotopic (exact) mass is 427 g/mol. The summed E-state index contributed by atoms with van der Waals surface area (Å²) in [4.78, 5) is 22.0. The number of carbonyl (C=O) groups excluding carboxylic acids is 1. The number of nitrogens with zero attached hydrogens (tertiary/aromatic N) is 3. The Hall–Kier alpha value is -1.66. The summed E-state index contributed by atoms with van der Waals surface area (Å²) in [6.45, 7) is 6.27. The van der Waals surface area contributed by atoms with Crippen LogP contribution in [0.1, 0.15) is 63.4 Å². The molecule has 0 amide bonds. The van der Waals surface area contributed by atoms with Crippen LogP contribution in [0, 0.1) is 11.8 Å². The lowest BCUT2D eigenvalue weighted by atomic mass is 9.72. The maximum Gasteiger partial charge on any atom is 0.164 e. The van der Waals surface area contributed by atoms with Gasteiger partial charge in [0.15, 0.2) is 5.78 Å². The average molecular weight is 428 g/mol. The number of piperazine rings is 1. The van der Waals surface area contributed by atoms with Crippen molar-refractivity contribution in [2.45, 2.75) is 69.8 Å². The number of aliphatic hydroxyl groups is 1. The molecule has 170 valence electrons. The van der Waals surface area contributed by atoms with Crippen molar-refractivity contribution >= 4 is 11.6 Å². The Morgan fingerprint density at radius 3 is 2.58 bits per heavy atom. The molecular weight excluding hydrogens is 390 g/mol. The second kappa shape index (κ2) is 9.07. The molecule has 0 spiro atoms. The predicted molar refractivity (Wildman–Crippen MR) is 121 cm³/mol. The molecule has 1 N–H and O–H groups in total. The fraction of sp³-hybridized carbons (Fsp3) is 0.760. The first-order chi connectivity index (χ1) is 15.1. The molecule has 3 fully saturated rings. The second-order valence-electron chi connectivity index (χ2n) is 10.2. The maximum absolute atomic E-state index is 12.3. The van der Waals surface area contributed by atoms with E-state index in [1.54, 1.807) is 0 Å². The number of anilines is 1. The normalized spacial score (nSPS) is 28.0. The molecule has 1 aromatic heterocycles. The zero-order valence-electron chi connectivity index (χ0n) is 18.7. The van der Waals surface area contributed by atoms with Gasteiger partial charge in [-0.15, -0.1) is 0 Å². The van der Waals surface area contributed by atoms with Gasteiger partial charge in [-0.05, 0) is 63.0 Å². The van der Waals surface area contributed by atoms with Gasteiger partial charge in [-0.25, -0.2) is 4.98 Å². The molecule has 0 aromatic carbocycles. The van der Waals surface area contributed by atoms with Crippen molar-refractivity contribution in [3.63, 3.8) is 0 Å². The molecule has 0 radical (unpaired) electrons. The molecule has 0 bridgehead atoms. The number of pyridine rings is 1. The number of ketones is 1. The van der Waals surface area contributed by atoms with E-state index in [0.717, 1.165) is 76.0 Å². The first-order valence-electron chi connectivity index (χ1n) is 12.4. The molecule has 2 aliphatic carbocycles. The van der Waals surface area contributed by atoms with Crippen molar-refractivity contribution in [2.75, 3.05) is 44.2 Å². The highest BCUT2D eigenvalue weighted by atomic mass is 16.5. The Kier molecular flexibility index (Phi) is 6.20. The Morgan fingerprint density at radius 1 is 1.13 bits per heavy atom. The van der Waals surface area contributed by atoms with Crippen LogP contribution in [0.25, 0.3) is 0 Å². The largest absolute Gasteiger partial charge is 0.493 e. The fourth-order valence-corrected chi connectivity index (χ4v) is 5.89. The minimum atomic E-state index is -0.957. The molecule has 2 saturated carbocycles. The summed E-state index contributed by atoms with van der Waals surface area (Å²) < 4.78 is 5.70. The lowest BCUT2D eigenvalue weighted by molar-refractivity contribution is -0.147. The van der Waals surface area contributed by atoms with Crippen LogP contribution in [-0.2, 0) is 11.2 Å². The molecular formula is C25H37N3O3. The average Bonchev–Trinajstić information content (AvgIpc) is 3.26. The van der Waals surface area contributed by atoms with E-state index in [9.17, 15) is 9.90 Å². The first-order valence-corrected chi connectivity index (χ1v) is 12.4. The van der Waals surface area contributed by atoms with Crippen LogP contribution in [0.2, 0.25) is 0 Å². The van der Waals surface area contributed by atoms with E-state index in [0.29, 0.717) is 25.2 Å². The molecule has 1 saturated heterocycles. The number of carbonyl (C=O) groups is 1. The third-order valence-corrected chi connectivity index (χ3v) is 8.27. The van der Waals surface area contributed by atoms with Crippen molar-refractivity contribution in [3.8, 4) is 5.75 Å². The third kappa shape index (κ3) is 4.61. The maximum atomic E-state index is 12.3. The second-order valence-corrected chi connectivity index (χ2v) is 10.2. The lowest BCUT2D eigenvalue weighted by Gasteiger charge is -2.38. The van der Waals surface area contributed by atoms with Gasteiger partial charge < -0.3 is 14.7 Å². The molecule has 5 rings (SSSR count). The van der Waals surface area contributed by atoms with Gasteiger partial charge in [0.1, 0.15) is 17.2 Å². The minimum absolute atomic E-state index is 0.116. The van der Waals surface area contributed by atoms with Crippen LogP contribution >= 0.6 is 0 Å². The molecule has 1 aromatic rings. The van der Waals surface area contributed by atoms with E-state index < -0.39 is 5.60 Å². The van der Waals surface area contributed by atoms with Gasteiger partial charge in [0.05, 0.1) is 6.61 Å². The van der Waals surface area contributed by atoms with E-state index in [4.69, 9.17) is 4.74 Å². The highest BCUT2D eigenvalue weighted by Gasteiger charge is 2.42. The summed E-state index contributed by atoms with van der Waals surface area (Å²) in [5.41, 5.74) is 0.331. The summed E-state index contributed by atoms with van der Waals surface area (Å²) in [5.74, 6) is 3.57. The fourth-order valence-electron chi connectivity index (χ4n) is 5.89. The summed E-state index contributed by atoms with van der Waals surface area (Å²) in [6, 6.07) is 1.99. The van der Waals surface area contributed by atoms with Gasteiger partial charge in [0.2, 0.25) is 0 Å². The van der Waals surface area contributed by atoms with Crippen molar-refractivity contribution in [1.29, 1.82) is 0 Å². The Labute approximate surface area is 186 Å². The van der Waals surface area contributed by atoms with Crippen LogP contribution in [0.15, 0.2) is 12.3 Å². The van der Waals surface area contributed by atoms with E-state index >= 15 is 0 Å². The summed E-state index contributed by atoms with van der Waals surface area (Å²) >= 11 is 0. The van der Waals surface area contributed by atoms with E-state index in [-0.39, 0.29) is 5.78 Å². The molecule has 6 nitrogen and oxygen atoms in total. The molecule has 2 aliphatic heterocycles. The van der Waals surface area contributed by atoms with Gasteiger partial charge in [0, 0.05) is 50.8 Å². The Morgan fingerprint density at radius 2 is 1.87 bits per heavy atom. The number of rotatable bonds is 7. The number of hydrogen-bond acceptors (Lipinski definition) is 6. The van der Waals surface area contributed by atoms with Gasteiger partial charge in [-0.3, -0.25) is 9.69 Å². The molecule has 31 heavy (non-hydrogen) atoms. The van der Waals surface area contributed by atoms with Gasteiger partial charge in [-0.2, -0.15) is 0 Å². The number of Topliss-reactive ketones (excluding diaryl/α,β-unsaturated/α-hetero) is 1. The number of aromatic nitrogens is 1. The minimum Gasteiger partial charge on any atom is -0.493 e. The van der Waals surface area contributed by atoms with E-state index in [1.165, 1.54) is 31.4 Å². The zero-order valence-corrected chi connectivity index (χ0v) is 18.7. The molecule has 0 unspecified atom stereocenters. The third-order valence-electron chi connectivity index (χ3n) is 8.27. The number of hydrogen-bond donors (Lipinski definition) is 1. The standard InChI is InChI=1S/C25H37N3O3/c29-23(25(30)9-1-10-25)18-20-4-2-19(3-5-20)7-12-27-13-15-28(16-14-27)24-21-8-17-31-22(21)6-11-26-24/h6,11,19-20,30H,1-5,7-10,12-18H2. The lowest BCUT2D eigenvalue weighted by Crippen LogP contribution is -2.47. The van der Waals surface area contributed by atoms with Crippen LogP contribution in [0.3, 0.4) is 0 Å². The predicted octanol–water partition coefficient (Wildman–Crippen LogP) is 3.21. The first kappa shape index (κ1) is 21.2. The van der Waals surface area contributed by atoms with Gasteiger partial charge in [0.25, 0.3) is 0 Å². The summed E-state index contributed by atoms with van der Waals surface area (Å²) in [7, 11) is 0. The van der Waals surface area contributed by atoms with Crippen LogP contribution in [0.4, 0.5) is 5.82 Å². The van der Waals surface area contributed by atoms with E-state index in [2.05, 4.69) is 14.8 Å². The van der Waals surface area contributed by atoms with Crippen molar-refractivity contribution in [3.05, 3.63) is 17.8 Å². The van der Waals surface area contributed by atoms with Gasteiger partial charge >= 0.3 is 0 Å². The summed E-state index contributed by atoms with van der Waals surface area (Å²) in [5, 5.41) is 10.3. The quantitative estimate of drug-likeness (QED) is 0.721. The number of ether oxygens (including phenoxy) is 1. The summed E-state index contributed by atoms with van der Waals surface area (Å²) in [6.07, 6.45) is 11.9. The smallest absolute Gasteiger partial charge is 0.164 e. The van der Waals surface area contributed by atoms with E-state index in [1.807, 2.05) is 12.3 Å². The molecule has 4 aliphatic rings.